The molecule has 4 nitrogen and oxygen atoms in total. The van der Waals surface area contributed by atoms with Crippen LogP contribution in [0.2, 0.25) is 0 Å². The summed E-state index contributed by atoms with van der Waals surface area (Å²) in [4.78, 5) is 0. The third-order valence-electron chi connectivity index (χ3n) is 2.88. The van der Waals surface area contributed by atoms with Crippen molar-refractivity contribution in [2.24, 2.45) is 0 Å². The lowest BCUT2D eigenvalue weighted by molar-refractivity contribution is 0.173. The lowest BCUT2D eigenvalue weighted by Gasteiger charge is -2.31. The summed E-state index contributed by atoms with van der Waals surface area (Å²) in [6, 6.07) is 0. The smallest absolute Gasteiger partial charge is 0.256 e. The Balaban J connectivity index is 3.03. The van der Waals surface area contributed by atoms with Crippen LogP contribution in [0, 0.1) is 0 Å². The standard InChI is InChI=1S/C8H17NO3S/c1-4-8(5-2)7-12-13(10,11)9(8)6-3/h4-7H2,1-3H3. The average molecular weight is 207 g/mol. The molecule has 0 amide bonds. The van der Waals surface area contributed by atoms with Gasteiger partial charge in [0.25, 0.3) is 0 Å². The molecule has 0 aliphatic carbocycles. The lowest BCUT2D eigenvalue weighted by atomic mass is 9.94. The second-order valence-corrected chi connectivity index (χ2v) is 4.85. The van der Waals surface area contributed by atoms with Gasteiger partial charge in [-0.2, -0.15) is 12.7 Å². The van der Waals surface area contributed by atoms with Gasteiger partial charge in [-0.1, -0.05) is 20.8 Å². The Hall–Kier alpha value is -0.130. The van der Waals surface area contributed by atoms with Crippen LogP contribution in [0.4, 0.5) is 0 Å². The molecule has 0 spiro atoms. The fourth-order valence-corrected chi connectivity index (χ4v) is 3.45. The molecule has 0 atom stereocenters. The molecule has 1 heterocycles. The van der Waals surface area contributed by atoms with Gasteiger partial charge in [0, 0.05) is 6.54 Å². The van der Waals surface area contributed by atoms with Gasteiger partial charge in [0.15, 0.2) is 0 Å². The molecule has 0 unspecified atom stereocenters. The van der Waals surface area contributed by atoms with Gasteiger partial charge < -0.3 is 0 Å². The highest BCUT2D eigenvalue weighted by molar-refractivity contribution is 7.84. The molecule has 0 radical (unpaired) electrons. The topological polar surface area (TPSA) is 46.6 Å². The van der Waals surface area contributed by atoms with Crippen molar-refractivity contribution >= 4 is 10.3 Å². The highest BCUT2D eigenvalue weighted by atomic mass is 32.2. The highest BCUT2D eigenvalue weighted by Crippen LogP contribution is 2.33. The van der Waals surface area contributed by atoms with Crippen molar-refractivity contribution in [3.8, 4) is 0 Å². The van der Waals surface area contributed by atoms with Crippen LogP contribution < -0.4 is 0 Å². The van der Waals surface area contributed by atoms with E-state index in [-0.39, 0.29) is 5.54 Å². The van der Waals surface area contributed by atoms with Crippen molar-refractivity contribution in [1.82, 2.24) is 4.31 Å². The van der Waals surface area contributed by atoms with Gasteiger partial charge in [0.1, 0.15) is 0 Å². The molecule has 0 N–H and O–H groups in total. The summed E-state index contributed by atoms with van der Waals surface area (Å²) in [5, 5.41) is 0. The molecule has 78 valence electrons. The molecule has 1 aliphatic rings. The number of nitrogens with zero attached hydrogens (tertiary/aromatic N) is 1. The van der Waals surface area contributed by atoms with E-state index in [0.29, 0.717) is 13.2 Å². The van der Waals surface area contributed by atoms with Gasteiger partial charge in [0.2, 0.25) is 0 Å². The number of hydrogen-bond donors (Lipinski definition) is 0. The Morgan fingerprint density at radius 3 is 2.15 bits per heavy atom. The van der Waals surface area contributed by atoms with Crippen molar-refractivity contribution in [3.63, 3.8) is 0 Å². The van der Waals surface area contributed by atoms with Crippen LogP contribution in [0.1, 0.15) is 33.6 Å². The minimum atomic E-state index is -3.44. The van der Waals surface area contributed by atoms with Crippen LogP contribution in [0.15, 0.2) is 0 Å². The van der Waals surface area contributed by atoms with E-state index < -0.39 is 10.3 Å². The van der Waals surface area contributed by atoms with E-state index in [1.807, 2.05) is 20.8 Å². The van der Waals surface area contributed by atoms with Gasteiger partial charge in [-0.3, -0.25) is 4.18 Å². The maximum Gasteiger partial charge on any atom is 0.339 e. The van der Waals surface area contributed by atoms with E-state index in [9.17, 15) is 8.42 Å². The quantitative estimate of drug-likeness (QED) is 0.697. The van der Waals surface area contributed by atoms with Crippen LogP contribution in [-0.2, 0) is 14.5 Å². The summed E-state index contributed by atoms with van der Waals surface area (Å²) in [7, 11) is -3.44. The third kappa shape index (κ3) is 1.60. The van der Waals surface area contributed by atoms with E-state index in [1.54, 1.807) is 0 Å². The van der Waals surface area contributed by atoms with Crippen LogP contribution in [0.3, 0.4) is 0 Å². The summed E-state index contributed by atoms with van der Waals surface area (Å²) in [6.45, 7) is 6.62. The first kappa shape index (κ1) is 10.9. The monoisotopic (exact) mass is 207 g/mol. The number of hydrogen-bond acceptors (Lipinski definition) is 3. The molecular formula is C8H17NO3S. The normalized spacial score (nSPS) is 26.4. The maximum atomic E-state index is 11.4. The number of likely N-dealkylation sites (N-methyl/N-ethyl adjacent to an activating group) is 1. The van der Waals surface area contributed by atoms with Crippen LogP contribution >= 0.6 is 0 Å². The molecule has 1 saturated heterocycles. The van der Waals surface area contributed by atoms with Gasteiger partial charge in [-0.25, -0.2) is 0 Å². The van der Waals surface area contributed by atoms with Gasteiger partial charge in [-0.15, -0.1) is 0 Å². The van der Waals surface area contributed by atoms with Crippen LogP contribution in [0.25, 0.3) is 0 Å². The fraction of sp³-hybridized carbons (Fsp3) is 1.00. The second-order valence-electron chi connectivity index (χ2n) is 3.32. The molecule has 1 fully saturated rings. The van der Waals surface area contributed by atoms with E-state index in [4.69, 9.17) is 4.18 Å². The van der Waals surface area contributed by atoms with Crippen LogP contribution in [0.5, 0.6) is 0 Å². The first-order valence-corrected chi connectivity index (χ1v) is 6.06. The molecule has 0 aromatic carbocycles. The summed E-state index contributed by atoms with van der Waals surface area (Å²) in [5.74, 6) is 0. The first-order valence-electron chi connectivity index (χ1n) is 4.69. The van der Waals surface area contributed by atoms with E-state index in [1.165, 1.54) is 4.31 Å². The Labute approximate surface area is 80.1 Å². The zero-order valence-electron chi connectivity index (χ0n) is 8.41. The van der Waals surface area contributed by atoms with Gasteiger partial charge in [-0.05, 0) is 12.8 Å². The summed E-state index contributed by atoms with van der Waals surface area (Å²) >= 11 is 0. The van der Waals surface area contributed by atoms with Gasteiger partial charge in [0.05, 0.1) is 12.1 Å². The predicted octanol–water partition coefficient (Wildman–Crippen LogP) is 1.14. The second kappa shape index (κ2) is 3.55. The third-order valence-corrected chi connectivity index (χ3v) is 4.48. The molecule has 5 heteroatoms. The molecule has 0 bridgehead atoms. The van der Waals surface area contributed by atoms with E-state index in [0.717, 1.165) is 12.8 Å². The number of rotatable bonds is 3. The molecule has 1 aliphatic heterocycles. The SMILES string of the molecule is CCN1C(CC)(CC)COS1(=O)=O. The average Bonchev–Trinajstić information content (AvgIpc) is 2.37. The van der Waals surface area contributed by atoms with E-state index >= 15 is 0 Å². The van der Waals surface area contributed by atoms with Crippen molar-refractivity contribution in [1.29, 1.82) is 0 Å². The molecule has 0 aromatic rings. The van der Waals surface area contributed by atoms with Crippen molar-refractivity contribution in [3.05, 3.63) is 0 Å². The van der Waals surface area contributed by atoms with E-state index in [2.05, 4.69) is 0 Å². The molecular weight excluding hydrogens is 190 g/mol. The molecule has 0 aromatic heterocycles. The molecule has 0 saturated carbocycles. The van der Waals surface area contributed by atoms with Gasteiger partial charge >= 0.3 is 10.3 Å². The Morgan fingerprint density at radius 1 is 1.31 bits per heavy atom. The molecule has 13 heavy (non-hydrogen) atoms. The predicted molar refractivity (Wildman–Crippen MR) is 50.6 cm³/mol. The summed E-state index contributed by atoms with van der Waals surface area (Å²) < 4.78 is 29.2. The zero-order chi connectivity index (χ0) is 10.1. The lowest BCUT2D eigenvalue weighted by Crippen LogP contribution is -2.46. The molecule has 1 rings (SSSR count). The first-order chi connectivity index (χ1) is 6.02. The maximum absolute atomic E-state index is 11.4. The van der Waals surface area contributed by atoms with Crippen LogP contribution in [-0.4, -0.2) is 31.4 Å². The Bertz CT molecular complexity index is 269. The Kier molecular flexibility index (Phi) is 2.99. The largest absolute Gasteiger partial charge is 0.339 e. The van der Waals surface area contributed by atoms with Crippen molar-refractivity contribution in [2.75, 3.05) is 13.2 Å². The summed E-state index contributed by atoms with van der Waals surface area (Å²) in [6.07, 6.45) is 1.60. The zero-order valence-corrected chi connectivity index (χ0v) is 9.23. The fourth-order valence-electron chi connectivity index (χ4n) is 1.86. The minimum absolute atomic E-state index is 0.298. The van der Waals surface area contributed by atoms with Crippen molar-refractivity contribution < 1.29 is 12.6 Å². The minimum Gasteiger partial charge on any atom is -0.256 e. The Morgan fingerprint density at radius 2 is 1.85 bits per heavy atom. The highest BCUT2D eigenvalue weighted by Gasteiger charge is 2.47. The summed E-state index contributed by atoms with van der Waals surface area (Å²) in [5.41, 5.74) is -0.298. The van der Waals surface area contributed by atoms with Crippen molar-refractivity contribution in [2.45, 2.75) is 39.2 Å².